The number of nitrogens with one attached hydrogen (secondary N) is 2. The van der Waals surface area contributed by atoms with E-state index in [1.165, 1.54) is 12.8 Å². The maximum atomic E-state index is 13.8. The molecule has 2 aromatic heterocycles. The van der Waals surface area contributed by atoms with E-state index in [-0.39, 0.29) is 5.91 Å². The molecule has 2 N–H and O–H groups in total. The molecule has 4 heterocycles. The molecule has 168 valence electrons. The highest BCUT2D eigenvalue weighted by Crippen LogP contribution is 2.29. The number of benzene rings is 2. The Kier molecular flexibility index (Phi) is 5.19. The van der Waals surface area contributed by atoms with Crippen LogP contribution in [0.3, 0.4) is 0 Å². The lowest BCUT2D eigenvalue weighted by atomic mass is 10.1. The quantitative estimate of drug-likeness (QED) is 0.476. The Morgan fingerprint density at radius 3 is 2.85 bits per heavy atom. The molecule has 2 aliphatic rings. The van der Waals surface area contributed by atoms with Gasteiger partial charge in [-0.3, -0.25) is 9.89 Å². The topological polar surface area (TPSA) is 77.1 Å². The Balaban J connectivity index is 1.33. The smallest absolute Gasteiger partial charge is 0.254 e. The molecular formula is C26H28N6O. The Morgan fingerprint density at radius 2 is 1.94 bits per heavy atom. The van der Waals surface area contributed by atoms with Gasteiger partial charge >= 0.3 is 0 Å². The first-order valence-electron chi connectivity index (χ1n) is 11.9. The van der Waals surface area contributed by atoms with Gasteiger partial charge in [0.1, 0.15) is 5.82 Å². The minimum Gasteiger partial charge on any atom is -0.340 e. The van der Waals surface area contributed by atoms with E-state index < -0.39 is 0 Å². The Hall–Kier alpha value is -3.45. The molecule has 0 bridgehead atoms. The van der Waals surface area contributed by atoms with Gasteiger partial charge in [0.25, 0.3) is 5.91 Å². The summed E-state index contributed by atoms with van der Waals surface area (Å²) in [6.07, 6.45) is 6.51. The molecule has 6 rings (SSSR count). The first-order valence-corrected chi connectivity index (χ1v) is 11.9. The Bertz CT molecular complexity index is 1310. The van der Waals surface area contributed by atoms with Crippen molar-refractivity contribution in [3.63, 3.8) is 0 Å². The fourth-order valence-corrected chi connectivity index (χ4v) is 5.29. The van der Waals surface area contributed by atoms with Crippen LogP contribution >= 0.6 is 0 Å². The first kappa shape index (κ1) is 20.2. The standard InChI is InChI=1S/C26H28N6O/c33-26(32-13-5-6-20(32)17-31-11-3-4-12-31)22-15-25(29-23-8-2-1-7-21(22)23)28-19-10-9-18-16-27-30-24(18)14-19/h1-2,7-10,14-16,20H,3-6,11-13,17H2,(H,27,30)(H,28,29)/t20-/m0/s1. The average Bonchev–Trinajstić information content (AvgIpc) is 3.60. The maximum Gasteiger partial charge on any atom is 0.254 e. The summed E-state index contributed by atoms with van der Waals surface area (Å²) in [5.74, 6) is 0.786. The number of H-pyrrole nitrogens is 1. The van der Waals surface area contributed by atoms with Crippen LogP contribution < -0.4 is 5.32 Å². The van der Waals surface area contributed by atoms with E-state index in [1.54, 1.807) is 6.20 Å². The fraction of sp³-hybridized carbons (Fsp3) is 0.346. The van der Waals surface area contributed by atoms with E-state index in [4.69, 9.17) is 4.98 Å². The maximum absolute atomic E-state index is 13.8. The molecule has 7 heteroatoms. The number of fused-ring (bicyclic) bond motifs is 2. The van der Waals surface area contributed by atoms with Gasteiger partial charge in [-0.1, -0.05) is 18.2 Å². The monoisotopic (exact) mass is 440 g/mol. The summed E-state index contributed by atoms with van der Waals surface area (Å²) >= 11 is 0. The van der Waals surface area contributed by atoms with Crippen LogP contribution in [-0.4, -0.2) is 63.1 Å². The highest BCUT2D eigenvalue weighted by Gasteiger charge is 2.32. The molecule has 1 amide bonds. The zero-order valence-electron chi connectivity index (χ0n) is 18.6. The van der Waals surface area contributed by atoms with E-state index in [1.807, 2.05) is 48.5 Å². The highest BCUT2D eigenvalue weighted by molar-refractivity contribution is 6.07. The van der Waals surface area contributed by atoms with Gasteiger partial charge in [0.15, 0.2) is 0 Å². The molecule has 0 aliphatic carbocycles. The van der Waals surface area contributed by atoms with Gasteiger partial charge in [-0.2, -0.15) is 5.10 Å². The van der Waals surface area contributed by atoms with Crippen LogP contribution in [0.15, 0.2) is 54.7 Å². The second-order valence-electron chi connectivity index (χ2n) is 9.17. The molecule has 2 saturated heterocycles. The van der Waals surface area contributed by atoms with E-state index in [0.717, 1.165) is 72.1 Å². The van der Waals surface area contributed by atoms with Crippen molar-refractivity contribution in [2.45, 2.75) is 31.7 Å². The van der Waals surface area contributed by atoms with Crippen LogP contribution in [0.5, 0.6) is 0 Å². The normalized spacial score (nSPS) is 19.0. The molecule has 2 aliphatic heterocycles. The van der Waals surface area contributed by atoms with Gasteiger partial charge in [0, 0.05) is 35.6 Å². The number of nitrogens with zero attached hydrogens (tertiary/aromatic N) is 4. The third-order valence-electron chi connectivity index (χ3n) is 6.97. The number of pyridine rings is 1. The number of carbonyl (C=O) groups is 1. The van der Waals surface area contributed by atoms with Crippen molar-refractivity contribution in [2.75, 3.05) is 31.5 Å². The molecule has 2 fully saturated rings. The molecule has 33 heavy (non-hydrogen) atoms. The van der Waals surface area contributed by atoms with Crippen LogP contribution in [0, 0.1) is 0 Å². The van der Waals surface area contributed by atoms with Crippen molar-refractivity contribution in [3.8, 4) is 0 Å². The number of anilines is 2. The third kappa shape index (κ3) is 3.93. The molecule has 7 nitrogen and oxygen atoms in total. The van der Waals surface area contributed by atoms with Crippen molar-refractivity contribution in [3.05, 3.63) is 60.3 Å². The summed E-state index contributed by atoms with van der Waals surface area (Å²) in [7, 11) is 0. The number of aromatic amines is 1. The number of hydrogen-bond acceptors (Lipinski definition) is 5. The summed E-state index contributed by atoms with van der Waals surface area (Å²) in [6, 6.07) is 16.1. The van der Waals surface area contributed by atoms with Gasteiger partial charge in [-0.25, -0.2) is 4.98 Å². The number of carbonyl (C=O) groups excluding carboxylic acids is 1. The predicted octanol–water partition coefficient (Wildman–Crippen LogP) is 4.56. The van der Waals surface area contributed by atoms with E-state index in [9.17, 15) is 4.79 Å². The number of hydrogen-bond donors (Lipinski definition) is 2. The predicted molar refractivity (Wildman–Crippen MR) is 131 cm³/mol. The van der Waals surface area contributed by atoms with Crippen LogP contribution in [0.2, 0.25) is 0 Å². The van der Waals surface area contributed by atoms with E-state index >= 15 is 0 Å². The second-order valence-corrected chi connectivity index (χ2v) is 9.17. The number of likely N-dealkylation sites (tertiary alicyclic amines) is 2. The SMILES string of the molecule is O=C(c1cc(Nc2ccc3cn[nH]c3c2)nc2ccccc12)N1CCC[C@H]1CN1CCCC1. The summed E-state index contributed by atoms with van der Waals surface area (Å²) in [6.45, 7) is 4.13. The first-order chi connectivity index (χ1) is 16.2. The molecule has 1 atom stereocenters. The van der Waals surface area contributed by atoms with Gasteiger partial charge in [0.2, 0.25) is 0 Å². The van der Waals surface area contributed by atoms with Crippen molar-refractivity contribution < 1.29 is 4.79 Å². The molecule has 0 radical (unpaired) electrons. The van der Waals surface area contributed by atoms with Crippen LogP contribution in [-0.2, 0) is 0 Å². The molecule has 0 saturated carbocycles. The van der Waals surface area contributed by atoms with E-state index in [0.29, 0.717) is 11.9 Å². The van der Waals surface area contributed by atoms with Crippen LogP contribution in [0.1, 0.15) is 36.0 Å². The molecular weight excluding hydrogens is 412 g/mol. The number of amides is 1. The van der Waals surface area contributed by atoms with Crippen molar-refractivity contribution in [1.82, 2.24) is 25.0 Å². The van der Waals surface area contributed by atoms with E-state index in [2.05, 4.69) is 25.3 Å². The zero-order valence-corrected chi connectivity index (χ0v) is 18.6. The Labute approximate surface area is 192 Å². The molecule has 2 aromatic carbocycles. The molecule has 0 spiro atoms. The second kappa shape index (κ2) is 8.48. The van der Waals surface area contributed by atoms with Crippen LogP contribution in [0.4, 0.5) is 11.5 Å². The Morgan fingerprint density at radius 1 is 1.06 bits per heavy atom. The van der Waals surface area contributed by atoms with Crippen molar-refractivity contribution >= 4 is 39.2 Å². The fourth-order valence-electron chi connectivity index (χ4n) is 5.29. The van der Waals surface area contributed by atoms with Gasteiger partial charge in [0.05, 0.1) is 22.8 Å². The van der Waals surface area contributed by atoms with Gasteiger partial charge < -0.3 is 15.1 Å². The lowest BCUT2D eigenvalue weighted by molar-refractivity contribution is 0.0710. The summed E-state index contributed by atoms with van der Waals surface area (Å²) in [5, 5.41) is 12.5. The summed E-state index contributed by atoms with van der Waals surface area (Å²) in [4.78, 5) is 23.2. The average molecular weight is 441 g/mol. The van der Waals surface area contributed by atoms with Crippen LogP contribution in [0.25, 0.3) is 21.8 Å². The highest BCUT2D eigenvalue weighted by atomic mass is 16.2. The minimum absolute atomic E-state index is 0.113. The third-order valence-corrected chi connectivity index (χ3v) is 6.97. The molecule has 0 unspecified atom stereocenters. The lowest BCUT2D eigenvalue weighted by Crippen LogP contribution is -2.42. The molecule has 4 aromatic rings. The number of aromatic nitrogens is 3. The van der Waals surface area contributed by atoms with Gasteiger partial charge in [-0.05, 0) is 69.1 Å². The van der Waals surface area contributed by atoms with Crippen molar-refractivity contribution in [1.29, 1.82) is 0 Å². The lowest BCUT2D eigenvalue weighted by Gasteiger charge is -2.29. The number of rotatable bonds is 5. The summed E-state index contributed by atoms with van der Waals surface area (Å²) < 4.78 is 0. The zero-order chi connectivity index (χ0) is 22.2. The van der Waals surface area contributed by atoms with Gasteiger partial charge in [-0.15, -0.1) is 0 Å². The van der Waals surface area contributed by atoms with Crippen molar-refractivity contribution in [2.24, 2.45) is 0 Å². The minimum atomic E-state index is 0.113. The summed E-state index contributed by atoms with van der Waals surface area (Å²) in [5.41, 5.74) is 3.41. The largest absolute Gasteiger partial charge is 0.340 e. The number of para-hydroxylation sites is 1.